The second-order valence-corrected chi connectivity index (χ2v) is 11.6. The molecule has 1 aliphatic carbocycles. The van der Waals surface area contributed by atoms with Gasteiger partial charge in [0.2, 0.25) is 11.8 Å². The summed E-state index contributed by atoms with van der Waals surface area (Å²) in [5, 5.41) is 11.9. The summed E-state index contributed by atoms with van der Waals surface area (Å²) >= 11 is 0. The fourth-order valence-corrected chi connectivity index (χ4v) is 6.08. The van der Waals surface area contributed by atoms with Crippen LogP contribution in [0.2, 0.25) is 0 Å². The van der Waals surface area contributed by atoms with Crippen molar-refractivity contribution >= 4 is 23.9 Å². The quantitative estimate of drug-likeness (QED) is 0.327. The maximum atomic E-state index is 14.4. The van der Waals surface area contributed by atoms with Gasteiger partial charge in [-0.05, 0) is 42.7 Å². The van der Waals surface area contributed by atoms with E-state index in [0.29, 0.717) is 19.4 Å². The van der Waals surface area contributed by atoms with Crippen LogP contribution < -0.4 is 5.32 Å². The summed E-state index contributed by atoms with van der Waals surface area (Å²) < 4.78 is 11.2. The summed E-state index contributed by atoms with van der Waals surface area (Å²) in [4.78, 5) is 57.2. The fourth-order valence-electron chi connectivity index (χ4n) is 6.08. The SMILES string of the molecule is O=C(CN(C(=O)OCc1ccccc1)[C@H](CC1CCCCC1)C(=O)N1CCCC[C@H]1C(=O)NCCO)OCc1ccccc1. The fraction of sp³-hybridized carbons (Fsp3) is 0.529. The number of benzene rings is 2. The summed E-state index contributed by atoms with van der Waals surface area (Å²) in [5.41, 5.74) is 1.58. The van der Waals surface area contributed by atoms with Crippen LogP contribution in [0.4, 0.5) is 4.79 Å². The predicted molar refractivity (Wildman–Crippen MR) is 164 cm³/mol. The molecule has 3 amide bonds. The van der Waals surface area contributed by atoms with Gasteiger partial charge in [0, 0.05) is 13.1 Å². The van der Waals surface area contributed by atoms with E-state index in [1.807, 2.05) is 60.7 Å². The molecule has 238 valence electrons. The Hall–Kier alpha value is -3.92. The van der Waals surface area contributed by atoms with Crippen molar-refractivity contribution < 1.29 is 33.8 Å². The van der Waals surface area contributed by atoms with Gasteiger partial charge in [-0.3, -0.25) is 19.3 Å². The van der Waals surface area contributed by atoms with Gasteiger partial charge in [0.15, 0.2) is 0 Å². The third kappa shape index (κ3) is 9.80. The highest BCUT2D eigenvalue weighted by atomic mass is 16.6. The molecule has 2 atom stereocenters. The Morgan fingerprint density at radius 2 is 1.45 bits per heavy atom. The minimum absolute atomic E-state index is 0.0184. The van der Waals surface area contributed by atoms with E-state index in [1.165, 1.54) is 4.90 Å². The standard InChI is InChI=1S/C34H45N3O7/c38-21-19-35-32(40)29-18-10-11-20-36(29)33(41)30(22-26-12-4-1-5-13-26)37(34(42)44-25-28-16-8-3-9-17-28)23-31(39)43-24-27-14-6-2-7-15-27/h2-3,6-9,14-17,26,29-30,38H,1,4-5,10-13,18-25H2,(H,35,40)/t29-,30+/m0/s1. The van der Waals surface area contributed by atoms with E-state index in [9.17, 15) is 24.3 Å². The number of likely N-dealkylation sites (tertiary alicyclic amines) is 1. The lowest BCUT2D eigenvalue weighted by molar-refractivity contribution is -0.151. The molecule has 1 saturated heterocycles. The zero-order valence-electron chi connectivity index (χ0n) is 25.4. The molecule has 2 N–H and O–H groups in total. The van der Waals surface area contributed by atoms with Gasteiger partial charge >= 0.3 is 12.1 Å². The molecule has 0 aromatic heterocycles. The first kappa shape index (κ1) is 33.0. The minimum Gasteiger partial charge on any atom is -0.459 e. The summed E-state index contributed by atoms with van der Waals surface area (Å²) in [7, 11) is 0. The van der Waals surface area contributed by atoms with Crippen LogP contribution in [0.1, 0.15) is 68.9 Å². The van der Waals surface area contributed by atoms with E-state index in [4.69, 9.17) is 9.47 Å². The zero-order chi connectivity index (χ0) is 31.1. The highest BCUT2D eigenvalue weighted by Crippen LogP contribution is 2.31. The van der Waals surface area contributed by atoms with Crippen LogP contribution in [0.3, 0.4) is 0 Å². The van der Waals surface area contributed by atoms with Crippen molar-refractivity contribution in [1.29, 1.82) is 0 Å². The number of rotatable bonds is 13. The van der Waals surface area contributed by atoms with Crippen LogP contribution in [0.15, 0.2) is 60.7 Å². The van der Waals surface area contributed by atoms with E-state index in [1.54, 1.807) is 4.90 Å². The van der Waals surface area contributed by atoms with E-state index in [0.717, 1.165) is 56.1 Å². The Kier molecular flexibility index (Phi) is 13.0. The van der Waals surface area contributed by atoms with Crippen LogP contribution in [0.5, 0.6) is 0 Å². The topological polar surface area (TPSA) is 125 Å². The largest absolute Gasteiger partial charge is 0.459 e. The summed E-state index contributed by atoms with van der Waals surface area (Å²) in [6, 6.07) is 16.7. The van der Waals surface area contributed by atoms with Gasteiger partial charge in [0.05, 0.1) is 6.61 Å². The Bertz CT molecular complexity index is 1200. The number of hydrogen-bond donors (Lipinski definition) is 2. The summed E-state index contributed by atoms with van der Waals surface area (Å²) in [6.45, 7) is -0.194. The number of nitrogens with one attached hydrogen (secondary N) is 1. The lowest BCUT2D eigenvalue weighted by Gasteiger charge is -2.40. The van der Waals surface area contributed by atoms with Crippen molar-refractivity contribution in [3.8, 4) is 0 Å². The lowest BCUT2D eigenvalue weighted by Crippen LogP contribution is -2.59. The number of esters is 1. The maximum absolute atomic E-state index is 14.4. The average molecular weight is 608 g/mol. The van der Waals surface area contributed by atoms with Gasteiger partial charge in [-0.2, -0.15) is 0 Å². The molecular formula is C34H45N3O7. The third-order valence-electron chi connectivity index (χ3n) is 8.42. The molecule has 2 aromatic rings. The van der Waals surface area contributed by atoms with E-state index in [-0.39, 0.29) is 44.1 Å². The zero-order valence-corrected chi connectivity index (χ0v) is 25.4. The maximum Gasteiger partial charge on any atom is 0.411 e. The highest BCUT2D eigenvalue weighted by molar-refractivity contribution is 5.92. The molecule has 44 heavy (non-hydrogen) atoms. The van der Waals surface area contributed by atoms with Gasteiger partial charge < -0.3 is 24.8 Å². The molecule has 4 rings (SSSR count). The molecule has 1 saturated carbocycles. The number of piperidine rings is 1. The molecule has 0 radical (unpaired) electrons. The second-order valence-electron chi connectivity index (χ2n) is 11.6. The molecule has 2 aliphatic rings. The van der Waals surface area contributed by atoms with Crippen LogP contribution in [0, 0.1) is 5.92 Å². The van der Waals surface area contributed by atoms with Crippen LogP contribution in [0.25, 0.3) is 0 Å². The summed E-state index contributed by atoms with van der Waals surface area (Å²) in [6.07, 6.45) is 6.64. The van der Waals surface area contributed by atoms with E-state index >= 15 is 0 Å². The first-order chi connectivity index (χ1) is 21.5. The Labute approximate surface area is 259 Å². The number of carbonyl (C=O) groups excluding carboxylic acids is 4. The monoisotopic (exact) mass is 607 g/mol. The van der Waals surface area contributed by atoms with Gasteiger partial charge in [-0.1, -0.05) is 92.8 Å². The molecule has 1 aliphatic heterocycles. The van der Waals surface area contributed by atoms with E-state index < -0.39 is 30.7 Å². The number of carbonyl (C=O) groups is 4. The van der Waals surface area contributed by atoms with Crippen LogP contribution in [-0.4, -0.2) is 77.1 Å². The highest BCUT2D eigenvalue weighted by Gasteiger charge is 2.41. The third-order valence-corrected chi connectivity index (χ3v) is 8.42. The Morgan fingerprint density at radius 3 is 2.09 bits per heavy atom. The molecule has 1 heterocycles. The number of amides is 3. The smallest absolute Gasteiger partial charge is 0.411 e. The van der Waals surface area contributed by atoms with Crippen molar-refractivity contribution in [3.63, 3.8) is 0 Å². The summed E-state index contributed by atoms with van der Waals surface area (Å²) in [5.74, 6) is -1.16. The average Bonchev–Trinajstić information content (AvgIpc) is 3.07. The molecular weight excluding hydrogens is 562 g/mol. The molecule has 2 fully saturated rings. The molecule has 0 bridgehead atoms. The predicted octanol–water partition coefficient (Wildman–Crippen LogP) is 4.20. The number of nitrogens with zero attached hydrogens (tertiary/aromatic N) is 2. The minimum atomic E-state index is -1.00. The molecule has 0 spiro atoms. The van der Waals surface area contributed by atoms with Crippen molar-refractivity contribution in [3.05, 3.63) is 71.8 Å². The Balaban J connectivity index is 1.60. The number of aliphatic hydroxyl groups is 1. The first-order valence-corrected chi connectivity index (χ1v) is 15.8. The molecule has 2 aromatic carbocycles. The molecule has 0 unspecified atom stereocenters. The van der Waals surface area contributed by atoms with Crippen molar-refractivity contribution in [2.45, 2.75) is 83.1 Å². The van der Waals surface area contributed by atoms with Crippen LogP contribution in [-0.2, 0) is 37.1 Å². The number of aliphatic hydroxyl groups excluding tert-OH is 1. The number of ether oxygens (including phenoxy) is 2. The van der Waals surface area contributed by atoms with Crippen LogP contribution >= 0.6 is 0 Å². The van der Waals surface area contributed by atoms with Gasteiger partial charge in [-0.15, -0.1) is 0 Å². The van der Waals surface area contributed by atoms with Crippen molar-refractivity contribution in [1.82, 2.24) is 15.1 Å². The first-order valence-electron chi connectivity index (χ1n) is 15.8. The van der Waals surface area contributed by atoms with Gasteiger partial charge in [-0.25, -0.2) is 4.79 Å². The molecule has 10 heteroatoms. The van der Waals surface area contributed by atoms with Gasteiger partial charge in [0.25, 0.3) is 0 Å². The van der Waals surface area contributed by atoms with Crippen molar-refractivity contribution in [2.24, 2.45) is 5.92 Å². The number of hydrogen-bond acceptors (Lipinski definition) is 7. The van der Waals surface area contributed by atoms with Crippen molar-refractivity contribution in [2.75, 3.05) is 26.2 Å². The second kappa shape index (κ2) is 17.4. The van der Waals surface area contributed by atoms with Gasteiger partial charge in [0.1, 0.15) is 31.8 Å². The Morgan fingerprint density at radius 1 is 0.841 bits per heavy atom. The lowest BCUT2D eigenvalue weighted by atomic mass is 9.84. The molecule has 10 nitrogen and oxygen atoms in total. The van der Waals surface area contributed by atoms with E-state index in [2.05, 4.69) is 5.32 Å². The normalized spacial score (nSPS) is 17.8.